The molecule has 128 valence electrons. The Balaban J connectivity index is 2.13. The molecule has 1 unspecified atom stereocenters. The molecule has 1 atom stereocenters. The highest BCUT2D eigenvalue weighted by molar-refractivity contribution is 6.35. The molecule has 1 aliphatic rings. The molecular formula is C19H22Cl2N2O. The Morgan fingerprint density at radius 2 is 1.79 bits per heavy atom. The van der Waals surface area contributed by atoms with Gasteiger partial charge in [-0.3, -0.25) is 4.90 Å². The molecule has 1 heterocycles. The molecule has 2 aromatic carbocycles. The number of piperazine rings is 1. The molecule has 0 bridgehead atoms. The van der Waals surface area contributed by atoms with Crippen molar-refractivity contribution in [2.75, 3.05) is 33.3 Å². The Hall–Kier alpha value is -1.26. The first kappa shape index (κ1) is 17.6. The molecule has 0 saturated carbocycles. The zero-order valence-electron chi connectivity index (χ0n) is 14.0. The van der Waals surface area contributed by atoms with Crippen molar-refractivity contribution in [1.29, 1.82) is 0 Å². The number of benzene rings is 2. The van der Waals surface area contributed by atoms with Gasteiger partial charge in [-0.2, -0.15) is 0 Å². The van der Waals surface area contributed by atoms with Crippen LogP contribution in [0.5, 0.6) is 5.75 Å². The number of aryl methyl sites for hydroxylation is 1. The second-order valence-corrected chi connectivity index (χ2v) is 6.94. The molecule has 1 fully saturated rings. The summed E-state index contributed by atoms with van der Waals surface area (Å²) in [4.78, 5) is 2.45. The van der Waals surface area contributed by atoms with Crippen LogP contribution >= 0.6 is 23.2 Å². The van der Waals surface area contributed by atoms with Crippen molar-refractivity contribution in [2.45, 2.75) is 13.0 Å². The van der Waals surface area contributed by atoms with E-state index in [0.29, 0.717) is 10.0 Å². The predicted molar refractivity (Wildman–Crippen MR) is 100 cm³/mol. The van der Waals surface area contributed by atoms with Crippen LogP contribution in [-0.2, 0) is 0 Å². The van der Waals surface area contributed by atoms with E-state index in [1.165, 1.54) is 5.56 Å². The van der Waals surface area contributed by atoms with Gasteiger partial charge in [0.15, 0.2) is 0 Å². The van der Waals surface area contributed by atoms with Crippen LogP contribution in [0.25, 0.3) is 0 Å². The number of nitrogens with one attached hydrogen (secondary N) is 1. The Morgan fingerprint density at radius 3 is 2.46 bits per heavy atom. The summed E-state index contributed by atoms with van der Waals surface area (Å²) < 4.78 is 5.65. The second kappa shape index (κ2) is 7.75. The normalized spacial score (nSPS) is 16.8. The van der Waals surface area contributed by atoms with Crippen LogP contribution in [0.4, 0.5) is 0 Å². The second-order valence-electron chi connectivity index (χ2n) is 6.10. The fraction of sp³-hybridized carbons (Fsp3) is 0.368. The number of methoxy groups -OCH3 is 1. The summed E-state index contributed by atoms with van der Waals surface area (Å²) in [5, 5.41) is 4.75. The van der Waals surface area contributed by atoms with Crippen LogP contribution in [0.3, 0.4) is 0 Å². The van der Waals surface area contributed by atoms with Crippen LogP contribution in [0.2, 0.25) is 10.0 Å². The van der Waals surface area contributed by atoms with Gasteiger partial charge in [0, 0.05) is 41.8 Å². The molecular weight excluding hydrogens is 343 g/mol. The average molecular weight is 365 g/mol. The maximum atomic E-state index is 6.56. The van der Waals surface area contributed by atoms with E-state index in [9.17, 15) is 0 Å². The van der Waals surface area contributed by atoms with Gasteiger partial charge in [0.2, 0.25) is 0 Å². The monoisotopic (exact) mass is 364 g/mol. The third-order valence-electron chi connectivity index (χ3n) is 4.45. The lowest BCUT2D eigenvalue weighted by Gasteiger charge is -2.36. The van der Waals surface area contributed by atoms with E-state index < -0.39 is 0 Å². The third-order valence-corrected chi connectivity index (χ3v) is 5.02. The minimum atomic E-state index is 0.0479. The summed E-state index contributed by atoms with van der Waals surface area (Å²) in [6.45, 7) is 5.95. The molecule has 0 aliphatic carbocycles. The molecule has 0 amide bonds. The van der Waals surface area contributed by atoms with Gasteiger partial charge < -0.3 is 10.1 Å². The largest absolute Gasteiger partial charge is 0.496 e. The minimum Gasteiger partial charge on any atom is -0.496 e. The van der Waals surface area contributed by atoms with Crippen molar-refractivity contribution in [1.82, 2.24) is 10.2 Å². The maximum absolute atomic E-state index is 6.56. The molecule has 3 nitrogen and oxygen atoms in total. The first-order chi connectivity index (χ1) is 11.6. The summed E-state index contributed by atoms with van der Waals surface area (Å²) >= 11 is 12.7. The lowest BCUT2D eigenvalue weighted by atomic mass is 9.94. The van der Waals surface area contributed by atoms with Gasteiger partial charge >= 0.3 is 0 Å². The maximum Gasteiger partial charge on any atom is 0.124 e. The molecule has 5 heteroatoms. The van der Waals surface area contributed by atoms with Crippen molar-refractivity contribution < 1.29 is 4.74 Å². The van der Waals surface area contributed by atoms with E-state index in [4.69, 9.17) is 27.9 Å². The Labute approximate surface area is 153 Å². The van der Waals surface area contributed by atoms with E-state index in [1.807, 2.05) is 24.3 Å². The molecule has 0 aromatic heterocycles. The van der Waals surface area contributed by atoms with Gasteiger partial charge in [-0.25, -0.2) is 0 Å². The molecule has 0 radical (unpaired) electrons. The third kappa shape index (κ3) is 3.70. The van der Waals surface area contributed by atoms with E-state index in [2.05, 4.69) is 29.3 Å². The lowest BCUT2D eigenvalue weighted by Crippen LogP contribution is -2.45. The molecule has 1 N–H and O–H groups in total. The molecule has 0 spiro atoms. The van der Waals surface area contributed by atoms with Gasteiger partial charge in [0.05, 0.1) is 13.2 Å². The van der Waals surface area contributed by atoms with Crippen LogP contribution in [0.1, 0.15) is 22.7 Å². The Morgan fingerprint density at radius 1 is 1.04 bits per heavy atom. The lowest BCUT2D eigenvalue weighted by molar-refractivity contribution is 0.195. The molecule has 3 rings (SSSR count). The van der Waals surface area contributed by atoms with E-state index >= 15 is 0 Å². The minimum absolute atomic E-state index is 0.0479. The van der Waals surface area contributed by atoms with Crippen LogP contribution in [-0.4, -0.2) is 38.2 Å². The van der Waals surface area contributed by atoms with Gasteiger partial charge in [-0.1, -0.05) is 47.0 Å². The van der Waals surface area contributed by atoms with Crippen molar-refractivity contribution in [3.05, 3.63) is 63.1 Å². The fourth-order valence-corrected chi connectivity index (χ4v) is 3.80. The topological polar surface area (TPSA) is 24.5 Å². The van der Waals surface area contributed by atoms with E-state index in [-0.39, 0.29) is 6.04 Å². The predicted octanol–water partition coefficient (Wildman–Crippen LogP) is 4.31. The summed E-state index contributed by atoms with van der Waals surface area (Å²) in [6.07, 6.45) is 0. The molecule has 1 aliphatic heterocycles. The summed E-state index contributed by atoms with van der Waals surface area (Å²) in [5.74, 6) is 0.884. The molecule has 24 heavy (non-hydrogen) atoms. The first-order valence-electron chi connectivity index (χ1n) is 8.14. The highest BCUT2D eigenvalue weighted by Gasteiger charge is 2.28. The zero-order chi connectivity index (χ0) is 17.1. The highest BCUT2D eigenvalue weighted by Crippen LogP contribution is 2.39. The van der Waals surface area contributed by atoms with E-state index in [0.717, 1.165) is 43.1 Å². The van der Waals surface area contributed by atoms with Crippen LogP contribution < -0.4 is 10.1 Å². The highest BCUT2D eigenvalue weighted by atomic mass is 35.5. The van der Waals surface area contributed by atoms with Crippen LogP contribution in [0.15, 0.2) is 36.4 Å². The number of hydrogen-bond donors (Lipinski definition) is 1. The quantitative estimate of drug-likeness (QED) is 0.874. The van der Waals surface area contributed by atoms with Gasteiger partial charge in [-0.15, -0.1) is 0 Å². The van der Waals surface area contributed by atoms with Crippen LogP contribution in [0, 0.1) is 6.92 Å². The summed E-state index contributed by atoms with van der Waals surface area (Å²) in [5.41, 5.74) is 3.41. The number of rotatable bonds is 4. The van der Waals surface area contributed by atoms with E-state index in [1.54, 1.807) is 7.11 Å². The van der Waals surface area contributed by atoms with Gasteiger partial charge in [-0.05, 0) is 30.7 Å². The number of nitrogens with zero attached hydrogens (tertiary/aromatic N) is 1. The van der Waals surface area contributed by atoms with Gasteiger partial charge in [0.1, 0.15) is 5.75 Å². The SMILES string of the molecule is COc1ccc(C)cc1C(c1ccc(Cl)cc1Cl)N1CCNCC1. The standard InChI is InChI=1S/C19H22Cl2N2O/c1-13-3-6-18(24-2)16(11-13)19(23-9-7-22-8-10-23)15-5-4-14(20)12-17(15)21/h3-6,11-12,19,22H,7-10H2,1-2H3. The average Bonchev–Trinajstić information content (AvgIpc) is 2.58. The van der Waals surface area contributed by atoms with Crippen molar-refractivity contribution in [3.8, 4) is 5.75 Å². The molecule has 1 saturated heterocycles. The number of halogens is 2. The Bertz CT molecular complexity index is 715. The Kier molecular flexibility index (Phi) is 5.67. The summed E-state index contributed by atoms with van der Waals surface area (Å²) in [7, 11) is 1.71. The van der Waals surface area contributed by atoms with Crippen molar-refractivity contribution >= 4 is 23.2 Å². The van der Waals surface area contributed by atoms with Crippen molar-refractivity contribution in [3.63, 3.8) is 0 Å². The first-order valence-corrected chi connectivity index (χ1v) is 8.90. The van der Waals surface area contributed by atoms with Gasteiger partial charge in [0.25, 0.3) is 0 Å². The fourth-order valence-electron chi connectivity index (χ4n) is 3.29. The van der Waals surface area contributed by atoms with Crippen molar-refractivity contribution in [2.24, 2.45) is 0 Å². The smallest absolute Gasteiger partial charge is 0.124 e. The molecule has 2 aromatic rings. The number of hydrogen-bond acceptors (Lipinski definition) is 3. The number of ether oxygens (including phenoxy) is 1. The zero-order valence-corrected chi connectivity index (χ0v) is 15.5. The summed E-state index contributed by atoms with van der Waals surface area (Å²) in [6, 6.07) is 12.1.